The molecule has 3 aliphatic rings. The van der Waals surface area contributed by atoms with Crippen LogP contribution in [0.3, 0.4) is 0 Å². The molecular formula is C27H28N2. The fourth-order valence-electron chi connectivity index (χ4n) is 2.81. The van der Waals surface area contributed by atoms with Gasteiger partial charge in [0.15, 0.2) is 0 Å². The number of hydrogen-bond acceptors (Lipinski definition) is 2. The van der Waals surface area contributed by atoms with Gasteiger partial charge in [0.05, 0.1) is 11.4 Å². The van der Waals surface area contributed by atoms with Gasteiger partial charge in [0.25, 0.3) is 0 Å². The Balaban J connectivity index is 1.82. The van der Waals surface area contributed by atoms with Crippen LogP contribution in [0.15, 0.2) is 144 Å². The second-order valence-corrected chi connectivity index (χ2v) is 6.66. The van der Waals surface area contributed by atoms with E-state index < -0.39 is 0 Å². The van der Waals surface area contributed by atoms with E-state index in [9.17, 15) is 0 Å². The summed E-state index contributed by atoms with van der Waals surface area (Å²) >= 11 is 0. The molecule has 0 radical (unpaired) electrons. The Kier molecular flexibility index (Phi) is 7.92. The van der Waals surface area contributed by atoms with Crippen molar-refractivity contribution in [1.29, 1.82) is 0 Å². The third-order valence-corrected chi connectivity index (χ3v) is 4.46. The predicted octanol–water partition coefficient (Wildman–Crippen LogP) is 6.31. The Bertz CT molecular complexity index is 935. The van der Waals surface area contributed by atoms with Crippen molar-refractivity contribution in [2.75, 3.05) is 6.54 Å². The lowest BCUT2D eigenvalue weighted by molar-refractivity contribution is 0.303. The molecule has 3 aliphatic carbocycles. The molecule has 0 aromatic carbocycles. The van der Waals surface area contributed by atoms with Crippen molar-refractivity contribution in [1.82, 2.24) is 10.4 Å². The highest BCUT2D eigenvalue weighted by atomic mass is 15.5. The molecule has 0 bridgehead atoms. The van der Waals surface area contributed by atoms with Gasteiger partial charge in [-0.1, -0.05) is 97.2 Å². The molecule has 0 spiro atoms. The van der Waals surface area contributed by atoms with Crippen LogP contribution in [-0.2, 0) is 0 Å². The van der Waals surface area contributed by atoms with Crippen LogP contribution in [0.1, 0.15) is 13.3 Å². The third-order valence-electron chi connectivity index (χ3n) is 4.46. The maximum Gasteiger partial charge on any atom is 0.0571 e. The lowest BCUT2D eigenvalue weighted by Crippen LogP contribution is -2.35. The molecule has 146 valence electrons. The van der Waals surface area contributed by atoms with E-state index in [0.29, 0.717) is 0 Å². The summed E-state index contributed by atoms with van der Waals surface area (Å²) in [6.07, 6.45) is 42.5. The minimum Gasteiger partial charge on any atom is -0.298 e. The Morgan fingerprint density at radius 3 is 1.86 bits per heavy atom. The minimum atomic E-state index is 0.832. The van der Waals surface area contributed by atoms with Crippen molar-refractivity contribution in [3.05, 3.63) is 144 Å². The lowest BCUT2D eigenvalue weighted by atomic mass is 10.2. The average Bonchev–Trinajstić information content (AvgIpc) is 3.46. The van der Waals surface area contributed by atoms with Gasteiger partial charge in [-0.3, -0.25) is 10.4 Å². The molecule has 0 aromatic rings. The van der Waals surface area contributed by atoms with Crippen LogP contribution in [0.25, 0.3) is 0 Å². The summed E-state index contributed by atoms with van der Waals surface area (Å²) in [5.41, 5.74) is 8.49. The summed E-state index contributed by atoms with van der Waals surface area (Å²) in [5.74, 6) is 0. The normalized spacial score (nSPS) is 28.4. The van der Waals surface area contributed by atoms with Crippen LogP contribution in [0.5, 0.6) is 0 Å². The quantitative estimate of drug-likeness (QED) is 0.575. The van der Waals surface area contributed by atoms with Crippen molar-refractivity contribution in [3.8, 4) is 0 Å². The first-order chi connectivity index (χ1) is 14.4. The van der Waals surface area contributed by atoms with E-state index in [-0.39, 0.29) is 0 Å². The van der Waals surface area contributed by atoms with Crippen molar-refractivity contribution in [2.45, 2.75) is 13.3 Å². The maximum absolute atomic E-state index is 3.55. The standard InChI is InChI=1S/C27H28N2/c1-2-29(28-26-18-14-10-6-4-3-5-7-11-15-19-26)27-20-16-12-8-9-13-17-24-23-25(24)21-22-27/h3-22,28H,2,23H2,1H3/b4-3-,5-3?,6-4?,7-5-,9-8?,10-6-,11-7?,12-8-,13-9-,14-10?,15-11-,16-12?,17-13?,18-14?,19-15?,20-16?,22-21?,24-17-,25-21-,26-18?,26-19?,27-20?,27-22?. The van der Waals surface area contributed by atoms with Crippen LogP contribution < -0.4 is 5.43 Å². The van der Waals surface area contributed by atoms with E-state index in [1.54, 1.807) is 0 Å². The first-order valence-electron chi connectivity index (χ1n) is 10.1. The van der Waals surface area contributed by atoms with Crippen LogP contribution in [0.4, 0.5) is 0 Å². The van der Waals surface area contributed by atoms with Crippen LogP contribution in [0.2, 0.25) is 0 Å². The van der Waals surface area contributed by atoms with Crippen molar-refractivity contribution >= 4 is 0 Å². The molecular weight excluding hydrogens is 352 g/mol. The first kappa shape index (κ1) is 20.2. The number of nitrogens with zero attached hydrogens (tertiary/aromatic N) is 1. The van der Waals surface area contributed by atoms with Gasteiger partial charge in [-0.2, -0.15) is 0 Å². The molecule has 0 atom stereocenters. The Morgan fingerprint density at radius 1 is 0.621 bits per heavy atom. The molecule has 1 N–H and O–H groups in total. The molecule has 1 saturated carbocycles. The molecule has 0 amide bonds. The smallest absolute Gasteiger partial charge is 0.0571 e. The van der Waals surface area contributed by atoms with Gasteiger partial charge in [0, 0.05) is 6.54 Å². The SMILES string of the molecule is CCN(NC1=C\C=C/C=C\C=C/C=C\C=C1)C1=C/C=C2/C/C2=C/C=C\C=C/C=C1. The number of likely N-dealkylation sites (N-methyl/N-ethyl adjacent to an activating group) is 1. The topological polar surface area (TPSA) is 15.3 Å². The number of nitrogens with one attached hydrogen (secondary N) is 1. The van der Waals surface area contributed by atoms with E-state index in [2.05, 4.69) is 84.2 Å². The fraction of sp³-hybridized carbons (Fsp3) is 0.111. The summed E-state index contributed by atoms with van der Waals surface area (Å²) in [6, 6.07) is 0. The zero-order chi connectivity index (χ0) is 20.2. The maximum atomic E-state index is 3.55. The van der Waals surface area contributed by atoms with Gasteiger partial charge < -0.3 is 0 Å². The minimum absolute atomic E-state index is 0.832. The predicted molar refractivity (Wildman–Crippen MR) is 126 cm³/mol. The molecule has 1 fully saturated rings. The highest BCUT2D eigenvalue weighted by Crippen LogP contribution is 2.36. The van der Waals surface area contributed by atoms with E-state index in [0.717, 1.165) is 24.4 Å². The molecule has 0 aliphatic heterocycles. The number of hydrogen-bond donors (Lipinski definition) is 1. The molecule has 2 heteroatoms. The monoisotopic (exact) mass is 380 g/mol. The third kappa shape index (κ3) is 7.19. The van der Waals surface area contributed by atoms with Gasteiger partial charge >= 0.3 is 0 Å². The van der Waals surface area contributed by atoms with E-state index in [4.69, 9.17) is 0 Å². The van der Waals surface area contributed by atoms with Gasteiger partial charge in [-0.15, -0.1) is 0 Å². The molecule has 0 aromatic heterocycles. The lowest BCUT2D eigenvalue weighted by Gasteiger charge is -2.26. The molecule has 0 unspecified atom stereocenters. The van der Waals surface area contributed by atoms with E-state index in [1.165, 1.54) is 11.1 Å². The van der Waals surface area contributed by atoms with Gasteiger partial charge in [0.1, 0.15) is 0 Å². The largest absolute Gasteiger partial charge is 0.298 e. The fourth-order valence-corrected chi connectivity index (χ4v) is 2.81. The summed E-state index contributed by atoms with van der Waals surface area (Å²) in [4.78, 5) is 0. The Morgan fingerprint density at radius 2 is 1.17 bits per heavy atom. The van der Waals surface area contributed by atoms with Crippen molar-refractivity contribution in [3.63, 3.8) is 0 Å². The van der Waals surface area contributed by atoms with Crippen LogP contribution >= 0.6 is 0 Å². The van der Waals surface area contributed by atoms with Crippen molar-refractivity contribution in [2.24, 2.45) is 0 Å². The Hall–Kier alpha value is -3.52. The van der Waals surface area contributed by atoms with Crippen molar-refractivity contribution < 1.29 is 0 Å². The summed E-state index contributed by atoms with van der Waals surface area (Å²) in [7, 11) is 0. The van der Waals surface area contributed by atoms with Crippen LogP contribution in [-0.4, -0.2) is 11.6 Å². The second kappa shape index (κ2) is 11.4. The van der Waals surface area contributed by atoms with Gasteiger partial charge in [-0.25, -0.2) is 0 Å². The Labute approximate surface area is 174 Å². The zero-order valence-corrected chi connectivity index (χ0v) is 16.9. The highest BCUT2D eigenvalue weighted by Gasteiger charge is 2.18. The number of rotatable bonds is 4. The van der Waals surface area contributed by atoms with E-state index in [1.807, 2.05) is 54.7 Å². The number of hydrazine groups is 1. The molecule has 2 nitrogen and oxygen atoms in total. The molecule has 0 heterocycles. The molecule has 3 rings (SSSR count). The number of fused-ring (bicyclic) bond motifs is 1. The first-order valence-corrected chi connectivity index (χ1v) is 10.1. The van der Waals surface area contributed by atoms with E-state index >= 15 is 0 Å². The summed E-state index contributed by atoms with van der Waals surface area (Å²) in [5, 5.41) is 2.16. The average molecular weight is 381 g/mol. The van der Waals surface area contributed by atoms with Gasteiger partial charge in [0.2, 0.25) is 0 Å². The molecule has 0 saturated heterocycles. The zero-order valence-electron chi connectivity index (χ0n) is 16.9. The van der Waals surface area contributed by atoms with Crippen LogP contribution in [0, 0.1) is 0 Å². The van der Waals surface area contributed by atoms with Gasteiger partial charge in [-0.05, 0) is 48.8 Å². The number of allylic oxidation sites excluding steroid dienone is 22. The molecule has 29 heavy (non-hydrogen) atoms. The second-order valence-electron chi connectivity index (χ2n) is 6.66. The highest BCUT2D eigenvalue weighted by molar-refractivity contribution is 5.54. The summed E-state index contributed by atoms with van der Waals surface area (Å²) < 4.78 is 0. The summed E-state index contributed by atoms with van der Waals surface area (Å²) in [6.45, 7) is 2.98.